The van der Waals surface area contributed by atoms with E-state index in [1.165, 1.54) is 12.1 Å². The molecule has 0 aliphatic carbocycles. The minimum Gasteiger partial charge on any atom is -0.374 e. The van der Waals surface area contributed by atoms with E-state index in [1.54, 1.807) is 19.1 Å². The van der Waals surface area contributed by atoms with Gasteiger partial charge < -0.3 is 5.32 Å². The van der Waals surface area contributed by atoms with Crippen LogP contribution in [-0.4, -0.2) is 21.5 Å². The van der Waals surface area contributed by atoms with Crippen molar-refractivity contribution in [2.75, 3.05) is 18.4 Å². The van der Waals surface area contributed by atoms with Crippen LogP contribution in [-0.2, 0) is 10.0 Å². The summed E-state index contributed by atoms with van der Waals surface area (Å²) in [6, 6.07) is 6.44. The first-order valence-electron chi connectivity index (χ1n) is 4.87. The molecule has 0 heterocycles. The third-order valence-corrected chi connectivity index (χ3v) is 3.46. The summed E-state index contributed by atoms with van der Waals surface area (Å²) in [4.78, 5) is 0.251. The molecule has 0 saturated heterocycles. The Bertz CT molecular complexity index is 472. The summed E-state index contributed by atoms with van der Waals surface area (Å²) in [5.41, 5.74) is 0.799. The van der Waals surface area contributed by atoms with Gasteiger partial charge in [0.05, 0.1) is 11.4 Å². The van der Waals surface area contributed by atoms with Crippen LogP contribution in [0.5, 0.6) is 0 Å². The zero-order valence-electron chi connectivity index (χ0n) is 9.03. The van der Waals surface area contributed by atoms with Crippen molar-refractivity contribution in [3.63, 3.8) is 0 Å². The third-order valence-electron chi connectivity index (χ3n) is 1.89. The maximum atomic E-state index is 11.6. The zero-order chi connectivity index (χ0) is 12.0. The number of hydrogen-bond donors (Lipinski definition) is 2. The molecule has 0 bridgehead atoms. The minimum absolute atomic E-state index is 0.251. The Morgan fingerprint density at radius 2 is 1.94 bits per heavy atom. The van der Waals surface area contributed by atoms with Crippen molar-refractivity contribution < 1.29 is 8.42 Å². The van der Waals surface area contributed by atoms with Crippen molar-refractivity contribution in [1.82, 2.24) is 4.72 Å². The molecule has 0 radical (unpaired) electrons. The number of hydrogen-bond acceptors (Lipinski definition) is 3. The van der Waals surface area contributed by atoms with E-state index in [0.717, 1.165) is 5.69 Å². The van der Waals surface area contributed by atoms with E-state index in [-0.39, 0.29) is 4.90 Å². The van der Waals surface area contributed by atoms with Crippen LogP contribution in [0.2, 0.25) is 0 Å². The lowest BCUT2D eigenvalue weighted by Gasteiger charge is -2.06. The van der Waals surface area contributed by atoms with Crippen LogP contribution in [0.3, 0.4) is 0 Å². The predicted octanol–water partition coefficient (Wildman–Crippen LogP) is 1.03. The van der Waals surface area contributed by atoms with Gasteiger partial charge in [-0.15, -0.1) is 6.42 Å². The van der Waals surface area contributed by atoms with Crippen molar-refractivity contribution in [3.8, 4) is 12.3 Å². The molecule has 0 amide bonds. The first kappa shape index (κ1) is 12.6. The van der Waals surface area contributed by atoms with Crippen molar-refractivity contribution >= 4 is 15.7 Å². The molecule has 2 N–H and O–H groups in total. The first-order valence-corrected chi connectivity index (χ1v) is 6.35. The van der Waals surface area contributed by atoms with Gasteiger partial charge in [0.15, 0.2) is 0 Å². The highest BCUT2D eigenvalue weighted by Gasteiger charge is 2.11. The quantitative estimate of drug-likeness (QED) is 0.753. The predicted molar refractivity (Wildman–Crippen MR) is 64.6 cm³/mol. The Morgan fingerprint density at radius 3 is 2.44 bits per heavy atom. The van der Waals surface area contributed by atoms with Gasteiger partial charge in [0, 0.05) is 12.2 Å². The molecule has 0 aromatic heterocycles. The molecule has 16 heavy (non-hydrogen) atoms. The molecule has 0 aliphatic heterocycles. The van der Waals surface area contributed by atoms with Gasteiger partial charge in [-0.25, -0.2) is 13.1 Å². The lowest BCUT2D eigenvalue weighted by atomic mass is 10.3. The zero-order valence-corrected chi connectivity index (χ0v) is 9.84. The average molecular weight is 238 g/mol. The summed E-state index contributed by atoms with van der Waals surface area (Å²) < 4.78 is 25.6. The molecule has 4 nitrogen and oxygen atoms in total. The van der Waals surface area contributed by atoms with Crippen LogP contribution in [0.25, 0.3) is 0 Å². The lowest BCUT2D eigenvalue weighted by molar-refractivity contribution is 0.584. The van der Waals surface area contributed by atoms with E-state index in [1.807, 2.05) is 0 Å². The molecule has 86 valence electrons. The molecule has 0 fully saturated rings. The summed E-state index contributed by atoms with van der Waals surface area (Å²) in [7, 11) is -3.37. The number of nitrogens with one attached hydrogen (secondary N) is 2. The molecule has 1 aromatic carbocycles. The fourth-order valence-corrected chi connectivity index (χ4v) is 2.22. The SMILES string of the molecule is C#CCNc1ccc(S(=O)(=O)NCC)cc1. The van der Waals surface area contributed by atoms with Crippen LogP contribution >= 0.6 is 0 Å². The van der Waals surface area contributed by atoms with Crippen molar-refractivity contribution in [2.24, 2.45) is 0 Å². The normalized spacial score (nSPS) is 10.8. The molecule has 0 saturated carbocycles. The van der Waals surface area contributed by atoms with Gasteiger partial charge in [-0.1, -0.05) is 12.8 Å². The van der Waals surface area contributed by atoms with Gasteiger partial charge >= 0.3 is 0 Å². The second kappa shape index (κ2) is 5.54. The molecule has 1 aromatic rings. The Hall–Kier alpha value is -1.51. The number of anilines is 1. The Labute approximate surface area is 96.1 Å². The molecule has 5 heteroatoms. The van der Waals surface area contributed by atoms with E-state index in [4.69, 9.17) is 6.42 Å². The van der Waals surface area contributed by atoms with Crippen LogP contribution in [0.15, 0.2) is 29.2 Å². The van der Waals surface area contributed by atoms with Gasteiger partial charge in [0.2, 0.25) is 10.0 Å². The molecule has 0 spiro atoms. The number of terminal acetylenes is 1. The Morgan fingerprint density at radius 1 is 1.31 bits per heavy atom. The summed E-state index contributed by atoms with van der Waals surface area (Å²) in [6.45, 7) is 2.53. The molecule has 0 aliphatic rings. The lowest BCUT2D eigenvalue weighted by Crippen LogP contribution is -2.23. The van der Waals surface area contributed by atoms with Crippen LogP contribution in [0, 0.1) is 12.3 Å². The Kier molecular flexibility index (Phi) is 4.35. The van der Waals surface area contributed by atoms with E-state index in [2.05, 4.69) is 16.0 Å². The standard InChI is InChI=1S/C11H14N2O2S/c1-3-9-12-10-5-7-11(8-6-10)16(14,15)13-4-2/h1,5-8,12-13H,4,9H2,2H3. The van der Waals surface area contributed by atoms with Crippen LogP contribution < -0.4 is 10.0 Å². The smallest absolute Gasteiger partial charge is 0.240 e. The Balaban J connectivity index is 2.83. The highest BCUT2D eigenvalue weighted by molar-refractivity contribution is 7.89. The monoisotopic (exact) mass is 238 g/mol. The molecule has 0 unspecified atom stereocenters. The van der Waals surface area contributed by atoms with Gasteiger partial charge in [-0.2, -0.15) is 0 Å². The molecule has 0 atom stereocenters. The summed E-state index contributed by atoms with van der Waals surface area (Å²) in [5, 5.41) is 2.95. The van der Waals surface area contributed by atoms with Gasteiger partial charge in [-0.05, 0) is 24.3 Å². The first-order chi connectivity index (χ1) is 7.60. The highest BCUT2D eigenvalue weighted by atomic mass is 32.2. The molecule has 1 rings (SSSR count). The number of rotatable bonds is 5. The van der Waals surface area contributed by atoms with E-state index >= 15 is 0 Å². The van der Waals surface area contributed by atoms with E-state index in [0.29, 0.717) is 13.1 Å². The fraction of sp³-hybridized carbons (Fsp3) is 0.273. The summed E-state index contributed by atoms with van der Waals surface area (Å²) in [5.74, 6) is 2.44. The second-order valence-electron chi connectivity index (χ2n) is 3.08. The van der Waals surface area contributed by atoms with E-state index in [9.17, 15) is 8.42 Å². The maximum absolute atomic E-state index is 11.6. The van der Waals surface area contributed by atoms with Crippen LogP contribution in [0.4, 0.5) is 5.69 Å². The summed E-state index contributed by atoms with van der Waals surface area (Å²) in [6.07, 6.45) is 5.10. The molecular formula is C11H14N2O2S. The van der Waals surface area contributed by atoms with Crippen molar-refractivity contribution in [3.05, 3.63) is 24.3 Å². The van der Waals surface area contributed by atoms with Gasteiger partial charge in [0.1, 0.15) is 0 Å². The van der Waals surface area contributed by atoms with Gasteiger partial charge in [-0.3, -0.25) is 0 Å². The number of sulfonamides is 1. The van der Waals surface area contributed by atoms with Crippen LogP contribution in [0.1, 0.15) is 6.92 Å². The van der Waals surface area contributed by atoms with Crippen molar-refractivity contribution in [1.29, 1.82) is 0 Å². The maximum Gasteiger partial charge on any atom is 0.240 e. The fourth-order valence-electron chi connectivity index (χ4n) is 1.18. The molecular weight excluding hydrogens is 224 g/mol. The second-order valence-corrected chi connectivity index (χ2v) is 4.85. The highest BCUT2D eigenvalue weighted by Crippen LogP contribution is 2.13. The van der Waals surface area contributed by atoms with Crippen molar-refractivity contribution in [2.45, 2.75) is 11.8 Å². The summed E-state index contributed by atoms with van der Waals surface area (Å²) >= 11 is 0. The largest absolute Gasteiger partial charge is 0.374 e. The average Bonchev–Trinajstić information content (AvgIpc) is 2.27. The number of benzene rings is 1. The van der Waals surface area contributed by atoms with Gasteiger partial charge in [0.25, 0.3) is 0 Å². The van der Waals surface area contributed by atoms with E-state index < -0.39 is 10.0 Å². The minimum atomic E-state index is -3.37. The third kappa shape index (κ3) is 3.26. The topological polar surface area (TPSA) is 58.2 Å².